The molecule has 5 heteroatoms. The van der Waals surface area contributed by atoms with Crippen LogP contribution in [0.4, 0.5) is 0 Å². The molecule has 0 fully saturated rings. The third kappa shape index (κ3) is 6.77. The van der Waals surface area contributed by atoms with Gasteiger partial charge in [-0.05, 0) is 50.8 Å². The Labute approximate surface area is 151 Å². The number of esters is 1. The van der Waals surface area contributed by atoms with E-state index in [1.54, 1.807) is 14.0 Å². The highest BCUT2D eigenvalue weighted by Crippen LogP contribution is 2.26. The average molecular weight is 349 g/mol. The molecule has 0 heterocycles. The van der Waals surface area contributed by atoms with Gasteiger partial charge in [0.05, 0.1) is 13.2 Å². The van der Waals surface area contributed by atoms with Gasteiger partial charge in [0.25, 0.3) is 0 Å². The second-order valence-corrected chi connectivity index (χ2v) is 7.07. The van der Waals surface area contributed by atoms with Crippen LogP contribution in [-0.2, 0) is 14.3 Å². The predicted octanol–water partition coefficient (Wildman–Crippen LogP) is 3.51. The summed E-state index contributed by atoms with van der Waals surface area (Å²) in [5.74, 6) is 0.447. The Morgan fingerprint density at radius 2 is 1.88 bits per heavy atom. The lowest BCUT2D eigenvalue weighted by Gasteiger charge is -2.28. The molecule has 140 valence electrons. The summed E-state index contributed by atoms with van der Waals surface area (Å²) >= 11 is 0. The second-order valence-electron chi connectivity index (χ2n) is 7.07. The Morgan fingerprint density at radius 1 is 1.20 bits per heavy atom. The topological polar surface area (TPSA) is 55.8 Å². The fourth-order valence-electron chi connectivity index (χ4n) is 2.65. The lowest BCUT2D eigenvalue weighted by Crippen LogP contribution is -2.41. The Morgan fingerprint density at radius 3 is 2.52 bits per heavy atom. The van der Waals surface area contributed by atoms with Gasteiger partial charge in [-0.2, -0.15) is 0 Å². The molecule has 1 rings (SSSR count). The number of ether oxygens (including phenoxy) is 2. The Kier molecular flexibility index (Phi) is 7.94. The summed E-state index contributed by atoms with van der Waals surface area (Å²) in [6, 6.07) is 6.13. The molecule has 0 unspecified atom stereocenters. The number of hydrogen-bond donors (Lipinski definition) is 0. The number of rotatable bonds is 9. The summed E-state index contributed by atoms with van der Waals surface area (Å²) in [6.45, 7) is 10.5. The predicted molar refractivity (Wildman–Crippen MR) is 98.7 cm³/mol. The van der Waals surface area contributed by atoms with Crippen LogP contribution in [0.2, 0.25) is 0 Å². The molecule has 0 bridgehead atoms. The highest BCUT2D eigenvalue weighted by molar-refractivity contribution is 5.85. The van der Waals surface area contributed by atoms with E-state index < -0.39 is 5.41 Å². The monoisotopic (exact) mass is 349 g/mol. The fraction of sp³-hybridized carbons (Fsp3) is 0.600. The van der Waals surface area contributed by atoms with Crippen molar-refractivity contribution in [3.63, 3.8) is 0 Å². The third-order valence-electron chi connectivity index (χ3n) is 4.14. The smallest absolute Gasteiger partial charge is 0.325 e. The lowest BCUT2D eigenvalue weighted by atomic mass is 9.86. The number of aryl methyl sites for hydroxylation is 2. The minimum atomic E-state index is -0.549. The third-order valence-corrected chi connectivity index (χ3v) is 4.14. The quantitative estimate of drug-likeness (QED) is 0.506. The van der Waals surface area contributed by atoms with E-state index in [-0.39, 0.29) is 18.4 Å². The van der Waals surface area contributed by atoms with Gasteiger partial charge in [-0.15, -0.1) is 0 Å². The van der Waals surface area contributed by atoms with Crippen LogP contribution in [0.25, 0.3) is 0 Å². The number of nitrogens with zero attached hydrogens (tertiary/aromatic N) is 1. The van der Waals surface area contributed by atoms with E-state index in [0.29, 0.717) is 19.6 Å². The fourth-order valence-corrected chi connectivity index (χ4v) is 2.65. The van der Waals surface area contributed by atoms with E-state index in [0.717, 1.165) is 23.3 Å². The van der Waals surface area contributed by atoms with Crippen molar-refractivity contribution in [3.8, 4) is 5.75 Å². The summed E-state index contributed by atoms with van der Waals surface area (Å²) in [4.78, 5) is 25.5. The Bertz CT molecular complexity index is 595. The maximum atomic E-state index is 12.5. The van der Waals surface area contributed by atoms with Crippen LogP contribution < -0.4 is 4.74 Å². The highest BCUT2D eigenvalue weighted by atomic mass is 16.5. The minimum Gasteiger partial charge on any atom is -0.493 e. The van der Waals surface area contributed by atoms with E-state index in [4.69, 9.17) is 9.47 Å². The maximum absolute atomic E-state index is 12.5. The minimum absolute atomic E-state index is 0.0188. The van der Waals surface area contributed by atoms with Gasteiger partial charge in [0, 0.05) is 12.5 Å². The molecule has 5 nitrogen and oxygen atoms in total. The standard InChI is InChI=1S/C20H31NO4/c1-7-24-18(22)14-21(6)19(23)20(4,5)11-8-12-25-17-13-15(2)9-10-16(17)3/h9-10,13H,7-8,11-12,14H2,1-6H3. The summed E-state index contributed by atoms with van der Waals surface area (Å²) in [5.41, 5.74) is 1.72. The zero-order valence-corrected chi connectivity index (χ0v) is 16.3. The van der Waals surface area contributed by atoms with Crippen LogP contribution in [-0.4, -0.2) is 43.6 Å². The molecule has 0 saturated carbocycles. The van der Waals surface area contributed by atoms with Crippen molar-refractivity contribution in [2.45, 2.75) is 47.5 Å². The first-order chi connectivity index (χ1) is 11.7. The summed E-state index contributed by atoms with van der Waals surface area (Å²) in [7, 11) is 1.63. The first-order valence-electron chi connectivity index (χ1n) is 8.78. The number of carbonyl (C=O) groups is 2. The molecule has 0 aromatic heterocycles. The molecule has 1 amide bonds. The lowest BCUT2D eigenvalue weighted by molar-refractivity contribution is -0.151. The van der Waals surface area contributed by atoms with Crippen molar-refractivity contribution in [2.75, 3.05) is 26.8 Å². The van der Waals surface area contributed by atoms with Gasteiger partial charge < -0.3 is 14.4 Å². The molecule has 0 aliphatic carbocycles. The molecular weight excluding hydrogens is 318 g/mol. The maximum Gasteiger partial charge on any atom is 0.325 e. The van der Waals surface area contributed by atoms with Gasteiger partial charge in [-0.25, -0.2) is 0 Å². The van der Waals surface area contributed by atoms with E-state index in [9.17, 15) is 9.59 Å². The van der Waals surface area contributed by atoms with Crippen LogP contribution in [0, 0.1) is 19.3 Å². The van der Waals surface area contributed by atoms with E-state index in [2.05, 4.69) is 6.07 Å². The number of likely N-dealkylation sites (N-methyl/N-ethyl adjacent to an activating group) is 1. The van der Waals surface area contributed by atoms with Crippen molar-refractivity contribution in [2.24, 2.45) is 5.41 Å². The molecule has 0 atom stereocenters. The number of amides is 1. The van der Waals surface area contributed by atoms with Crippen LogP contribution in [0.15, 0.2) is 18.2 Å². The van der Waals surface area contributed by atoms with Crippen molar-refractivity contribution in [1.29, 1.82) is 0 Å². The SMILES string of the molecule is CCOC(=O)CN(C)C(=O)C(C)(C)CCCOc1cc(C)ccc1C. The molecule has 0 N–H and O–H groups in total. The Balaban J connectivity index is 2.47. The van der Waals surface area contributed by atoms with Crippen LogP contribution in [0.1, 0.15) is 44.7 Å². The van der Waals surface area contributed by atoms with Crippen molar-refractivity contribution < 1.29 is 19.1 Å². The zero-order valence-electron chi connectivity index (χ0n) is 16.3. The van der Waals surface area contributed by atoms with Gasteiger partial charge in [0.2, 0.25) is 5.91 Å². The van der Waals surface area contributed by atoms with Crippen LogP contribution >= 0.6 is 0 Å². The van der Waals surface area contributed by atoms with E-state index in [1.807, 2.05) is 39.8 Å². The normalized spacial score (nSPS) is 11.1. The largest absolute Gasteiger partial charge is 0.493 e. The van der Waals surface area contributed by atoms with E-state index in [1.165, 1.54) is 4.90 Å². The first-order valence-corrected chi connectivity index (χ1v) is 8.78. The van der Waals surface area contributed by atoms with Gasteiger partial charge in [-0.3, -0.25) is 9.59 Å². The second kappa shape index (κ2) is 9.44. The molecule has 0 radical (unpaired) electrons. The van der Waals surface area contributed by atoms with Gasteiger partial charge >= 0.3 is 5.97 Å². The molecule has 1 aromatic rings. The highest BCUT2D eigenvalue weighted by Gasteiger charge is 2.31. The zero-order chi connectivity index (χ0) is 19.0. The Hall–Kier alpha value is -2.04. The molecule has 25 heavy (non-hydrogen) atoms. The van der Waals surface area contributed by atoms with Crippen molar-refractivity contribution >= 4 is 11.9 Å². The molecule has 0 aliphatic heterocycles. The van der Waals surface area contributed by atoms with Crippen molar-refractivity contribution in [3.05, 3.63) is 29.3 Å². The van der Waals surface area contributed by atoms with Crippen molar-refractivity contribution in [1.82, 2.24) is 4.90 Å². The molecule has 1 aromatic carbocycles. The molecule has 0 saturated heterocycles. The number of hydrogen-bond acceptors (Lipinski definition) is 4. The van der Waals surface area contributed by atoms with Crippen LogP contribution in [0.3, 0.4) is 0 Å². The number of carbonyl (C=O) groups excluding carboxylic acids is 2. The van der Waals surface area contributed by atoms with Crippen LogP contribution in [0.5, 0.6) is 5.75 Å². The average Bonchev–Trinajstić information content (AvgIpc) is 2.54. The summed E-state index contributed by atoms with van der Waals surface area (Å²) in [6.07, 6.45) is 1.45. The first kappa shape index (κ1) is 21.0. The molecule has 0 aliphatic rings. The van der Waals surface area contributed by atoms with Gasteiger partial charge in [0.15, 0.2) is 0 Å². The molecular formula is C20H31NO4. The van der Waals surface area contributed by atoms with E-state index >= 15 is 0 Å². The summed E-state index contributed by atoms with van der Waals surface area (Å²) in [5, 5.41) is 0. The van der Waals surface area contributed by atoms with Gasteiger partial charge in [0.1, 0.15) is 12.3 Å². The van der Waals surface area contributed by atoms with Gasteiger partial charge in [-0.1, -0.05) is 26.0 Å². The molecule has 0 spiro atoms. The summed E-state index contributed by atoms with van der Waals surface area (Å²) < 4.78 is 10.7. The number of benzene rings is 1.